The second kappa shape index (κ2) is 4.38. The quantitative estimate of drug-likeness (QED) is 0.845. The van der Waals surface area contributed by atoms with E-state index < -0.39 is 11.9 Å². The summed E-state index contributed by atoms with van der Waals surface area (Å²) in [5, 5.41) is 16.6. The first-order valence-electron chi connectivity index (χ1n) is 6.10. The number of aromatic amines is 1. The number of nitrogens with one attached hydrogen (secondary N) is 1. The van der Waals surface area contributed by atoms with Gasteiger partial charge >= 0.3 is 5.97 Å². The molecule has 1 aromatic carbocycles. The number of carbonyl (C=O) groups is 2. The van der Waals surface area contributed by atoms with Crippen molar-refractivity contribution in [3.63, 3.8) is 0 Å². The first-order chi connectivity index (χ1) is 9.15. The molecule has 0 saturated carbocycles. The number of amides is 1. The molecule has 6 nitrogen and oxygen atoms in total. The largest absolute Gasteiger partial charge is 0.481 e. The van der Waals surface area contributed by atoms with Gasteiger partial charge in [-0.25, -0.2) is 0 Å². The van der Waals surface area contributed by atoms with E-state index in [-0.39, 0.29) is 12.5 Å². The molecule has 2 heterocycles. The number of carboxylic acids is 1. The number of H-pyrrole nitrogens is 1. The van der Waals surface area contributed by atoms with Crippen molar-refractivity contribution in [1.29, 1.82) is 0 Å². The highest BCUT2D eigenvalue weighted by Gasteiger charge is 2.31. The molecule has 2 aromatic rings. The van der Waals surface area contributed by atoms with E-state index in [2.05, 4.69) is 10.2 Å². The van der Waals surface area contributed by atoms with Crippen LogP contribution in [-0.4, -0.2) is 45.2 Å². The summed E-state index contributed by atoms with van der Waals surface area (Å²) >= 11 is 0. The summed E-state index contributed by atoms with van der Waals surface area (Å²) in [7, 11) is 0. The van der Waals surface area contributed by atoms with Gasteiger partial charge in [0, 0.05) is 24.0 Å². The van der Waals surface area contributed by atoms with E-state index in [1.807, 2.05) is 6.07 Å². The van der Waals surface area contributed by atoms with Crippen molar-refractivity contribution in [2.75, 3.05) is 13.1 Å². The molecule has 98 valence electrons. The van der Waals surface area contributed by atoms with Gasteiger partial charge in [0.25, 0.3) is 5.91 Å². The average molecular weight is 259 g/mol. The number of aliphatic carboxylic acids is 1. The van der Waals surface area contributed by atoms with Gasteiger partial charge in [0.1, 0.15) is 0 Å². The molecular weight excluding hydrogens is 246 g/mol. The molecule has 0 bridgehead atoms. The third-order valence-corrected chi connectivity index (χ3v) is 3.51. The minimum absolute atomic E-state index is 0.125. The van der Waals surface area contributed by atoms with Crippen LogP contribution in [0.4, 0.5) is 0 Å². The Labute approximate surface area is 109 Å². The smallest absolute Gasteiger partial charge is 0.308 e. The van der Waals surface area contributed by atoms with Gasteiger partial charge in [0.15, 0.2) is 0 Å². The molecule has 0 aliphatic carbocycles. The van der Waals surface area contributed by atoms with Gasteiger partial charge in [-0.15, -0.1) is 0 Å². The topological polar surface area (TPSA) is 86.3 Å². The van der Waals surface area contributed by atoms with Crippen LogP contribution in [0.2, 0.25) is 0 Å². The van der Waals surface area contributed by atoms with E-state index in [0.29, 0.717) is 18.5 Å². The summed E-state index contributed by atoms with van der Waals surface area (Å²) in [6.07, 6.45) is 2.22. The summed E-state index contributed by atoms with van der Waals surface area (Å²) < 4.78 is 0. The van der Waals surface area contributed by atoms with Crippen LogP contribution < -0.4 is 0 Å². The SMILES string of the molecule is O=C(O)C1CCN(C(=O)c2ccc3cn[nH]c3c2)C1. The molecule has 1 aromatic heterocycles. The Morgan fingerprint density at radius 2 is 2.26 bits per heavy atom. The zero-order chi connectivity index (χ0) is 13.4. The molecule has 0 spiro atoms. The molecule has 1 atom stereocenters. The van der Waals surface area contributed by atoms with E-state index >= 15 is 0 Å². The molecule has 1 unspecified atom stereocenters. The Bertz CT molecular complexity index is 649. The summed E-state index contributed by atoms with van der Waals surface area (Å²) in [6, 6.07) is 5.32. The van der Waals surface area contributed by atoms with Crippen molar-refractivity contribution >= 4 is 22.8 Å². The van der Waals surface area contributed by atoms with Crippen molar-refractivity contribution in [2.45, 2.75) is 6.42 Å². The number of benzene rings is 1. The Hall–Kier alpha value is -2.37. The van der Waals surface area contributed by atoms with Crippen LogP contribution in [0, 0.1) is 5.92 Å². The number of likely N-dealkylation sites (tertiary alicyclic amines) is 1. The molecular formula is C13H13N3O3. The zero-order valence-electron chi connectivity index (χ0n) is 10.2. The van der Waals surface area contributed by atoms with Gasteiger partial charge in [0.2, 0.25) is 0 Å². The van der Waals surface area contributed by atoms with Crippen LogP contribution in [0.1, 0.15) is 16.8 Å². The van der Waals surface area contributed by atoms with E-state index in [4.69, 9.17) is 5.11 Å². The maximum Gasteiger partial charge on any atom is 0.308 e. The Balaban J connectivity index is 1.82. The van der Waals surface area contributed by atoms with E-state index in [0.717, 1.165) is 10.9 Å². The number of aromatic nitrogens is 2. The molecule has 1 fully saturated rings. The fourth-order valence-corrected chi connectivity index (χ4v) is 2.40. The number of carbonyl (C=O) groups excluding carboxylic acids is 1. The fourth-order valence-electron chi connectivity index (χ4n) is 2.40. The van der Waals surface area contributed by atoms with E-state index in [1.165, 1.54) is 0 Å². The second-order valence-electron chi connectivity index (χ2n) is 4.75. The highest BCUT2D eigenvalue weighted by Crippen LogP contribution is 2.20. The molecule has 3 rings (SSSR count). The minimum Gasteiger partial charge on any atom is -0.481 e. The lowest BCUT2D eigenvalue weighted by Gasteiger charge is -2.15. The van der Waals surface area contributed by atoms with E-state index in [1.54, 1.807) is 23.2 Å². The Kier molecular flexibility index (Phi) is 2.70. The highest BCUT2D eigenvalue weighted by atomic mass is 16.4. The number of hydrogen-bond donors (Lipinski definition) is 2. The Morgan fingerprint density at radius 3 is 3.00 bits per heavy atom. The molecule has 1 aliphatic rings. The third kappa shape index (κ3) is 2.05. The minimum atomic E-state index is -0.834. The maximum absolute atomic E-state index is 12.3. The van der Waals surface area contributed by atoms with Crippen molar-refractivity contribution < 1.29 is 14.7 Å². The molecule has 6 heteroatoms. The lowest BCUT2D eigenvalue weighted by Crippen LogP contribution is -2.29. The first-order valence-corrected chi connectivity index (χ1v) is 6.10. The lowest BCUT2D eigenvalue weighted by atomic mass is 10.1. The monoisotopic (exact) mass is 259 g/mol. The molecule has 2 N–H and O–H groups in total. The van der Waals surface area contributed by atoms with Gasteiger partial charge in [-0.05, 0) is 18.6 Å². The third-order valence-electron chi connectivity index (χ3n) is 3.51. The lowest BCUT2D eigenvalue weighted by molar-refractivity contribution is -0.141. The van der Waals surface area contributed by atoms with Crippen LogP contribution in [0.5, 0.6) is 0 Å². The van der Waals surface area contributed by atoms with Crippen LogP contribution >= 0.6 is 0 Å². The highest BCUT2D eigenvalue weighted by molar-refractivity contribution is 5.98. The zero-order valence-corrected chi connectivity index (χ0v) is 10.2. The van der Waals surface area contributed by atoms with Crippen molar-refractivity contribution in [2.24, 2.45) is 5.92 Å². The standard InChI is InChI=1S/C13H13N3O3/c17-12(16-4-3-10(7-16)13(18)19)8-1-2-9-6-14-15-11(9)5-8/h1-2,5-6,10H,3-4,7H2,(H,14,15)(H,18,19). The number of rotatable bonds is 2. The number of nitrogens with zero attached hydrogens (tertiary/aromatic N) is 2. The van der Waals surface area contributed by atoms with Crippen LogP contribution in [0.3, 0.4) is 0 Å². The predicted molar refractivity (Wildman–Crippen MR) is 67.7 cm³/mol. The summed E-state index contributed by atoms with van der Waals surface area (Å²) in [5.74, 6) is -1.40. The van der Waals surface area contributed by atoms with Crippen molar-refractivity contribution in [3.8, 4) is 0 Å². The van der Waals surface area contributed by atoms with Gasteiger partial charge in [-0.2, -0.15) is 5.10 Å². The number of hydrogen-bond acceptors (Lipinski definition) is 3. The summed E-state index contributed by atoms with van der Waals surface area (Å²) in [6.45, 7) is 0.784. The van der Waals surface area contributed by atoms with Gasteiger partial charge < -0.3 is 10.0 Å². The van der Waals surface area contributed by atoms with E-state index in [9.17, 15) is 9.59 Å². The van der Waals surface area contributed by atoms with Crippen molar-refractivity contribution in [1.82, 2.24) is 15.1 Å². The van der Waals surface area contributed by atoms with Gasteiger partial charge in [0.05, 0.1) is 17.6 Å². The van der Waals surface area contributed by atoms with Gasteiger partial charge in [-0.3, -0.25) is 14.7 Å². The fraction of sp³-hybridized carbons (Fsp3) is 0.308. The summed E-state index contributed by atoms with van der Waals surface area (Å²) in [4.78, 5) is 24.8. The van der Waals surface area contributed by atoms with Crippen LogP contribution in [0.15, 0.2) is 24.4 Å². The number of fused-ring (bicyclic) bond motifs is 1. The normalized spacial score (nSPS) is 18.9. The summed E-state index contributed by atoms with van der Waals surface area (Å²) in [5.41, 5.74) is 1.36. The molecule has 0 radical (unpaired) electrons. The first kappa shape index (κ1) is 11.7. The number of carboxylic acid groups (broad SMARTS) is 1. The predicted octanol–water partition coefficient (Wildman–Crippen LogP) is 1.11. The molecule has 19 heavy (non-hydrogen) atoms. The van der Waals surface area contributed by atoms with Crippen LogP contribution in [-0.2, 0) is 4.79 Å². The van der Waals surface area contributed by atoms with Crippen LogP contribution in [0.25, 0.3) is 10.9 Å². The van der Waals surface area contributed by atoms with Crippen molar-refractivity contribution in [3.05, 3.63) is 30.0 Å². The molecule has 1 aliphatic heterocycles. The average Bonchev–Trinajstić information content (AvgIpc) is 3.06. The maximum atomic E-state index is 12.3. The Morgan fingerprint density at radius 1 is 1.42 bits per heavy atom. The molecule has 1 saturated heterocycles. The van der Waals surface area contributed by atoms with Gasteiger partial charge in [-0.1, -0.05) is 6.07 Å². The molecule has 1 amide bonds. The second-order valence-corrected chi connectivity index (χ2v) is 4.75.